The van der Waals surface area contributed by atoms with Crippen LogP contribution in [0.5, 0.6) is 11.6 Å². The summed E-state index contributed by atoms with van der Waals surface area (Å²) < 4.78 is 46.5. The third-order valence-corrected chi connectivity index (χ3v) is 3.20. The van der Waals surface area contributed by atoms with Gasteiger partial charge < -0.3 is 14.8 Å². The van der Waals surface area contributed by atoms with Crippen LogP contribution in [-0.4, -0.2) is 30.8 Å². The van der Waals surface area contributed by atoms with Crippen molar-refractivity contribution in [3.63, 3.8) is 0 Å². The monoisotopic (exact) mass is 366 g/mol. The van der Waals surface area contributed by atoms with Crippen molar-refractivity contribution in [3.05, 3.63) is 59.8 Å². The van der Waals surface area contributed by atoms with Gasteiger partial charge in [0.2, 0.25) is 11.8 Å². The summed E-state index contributed by atoms with van der Waals surface area (Å²) in [6.07, 6.45) is -0.221. The minimum absolute atomic E-state index is 0.0116. The lowest BCUT2D eigenvalue weighted by Gasteiger charge is -2.12. The minimum Gasteiger partial charge on any atom is -0.497 e. The summed E-state index contributed by atoms with van der Waals surface area (Å²) in [7, 11) is 1.54. The molecule has 0 saturated heterocycles. The molecule has 0 radical (unpaired) electrons. The van der Waals surface area contributed by atoms with Gasteiger partial charge in [0.15, 0.2) is 6.61 Å². The molecule has 138 valence electrons. The van der Waals surface area contributed by atoms with E-state index in [4.69, 9.17) is 4.74 Å². The number of amides is 1. The van der Waals surface area contributed by atoms with Crippen molar-refractivity contribution >= 4 is 12.0 Å². The van der Waals surface area contributed by atoms with E-state index in [1.807, 2.05) is 0 Å². The molecule has 2 aromatic rings. The Balaban J connectivity index is 1.93. The van der Waals surface area contributed by atoms with E-state index >= 15 is 0 Å². The van der Waals surface area contributed by atoms with Crippen LogP contribution in [0.2, 0.25) is 0 Å². The molecule has 0 unspecified atom stereocenters. The SMILES string of the molecule is COc1cccc(C=CC(=O)NCc2cccnc2OCC(F)(F)F)c1. The number of nitrogens with zero attached hydrogens (tertiary/aromatic N) is 1. The molecule has 1 aromatic carbocycles. The van der Waals surface area contributed by atoms with Gasteiger partial charge in [-0.05, 0) is 29.8 Å². The average molecular weight is 366 g/mol. The van der Waals surface area contributed by atoms with Gasteiger partial charge in [0.1, 0.15) is 5.75 Å². The Bertz CT molecular complexity index is 776. The normalized spacial score (nSPS) is 11.4. The standard InChI is InChI=1S/C18H17F3N2O3/c1-25-15-6-2-4-13(10-15)7-8-16(24)23-11-14-5-3-9-22-17(14)26-12-18(19,20)21/h2-10H,11-12H2,1H3,(H,23,24). The van der Waals surface area contributed by atoms with Crippen LogP contribution in [0.3, 0.4) is 0 Å². The topological polar surface area (TPSA) is 60.5 Å². The number of rotatable bonds is 7. The third kappa shape index (κ3) is 6.46. The molecule has 0 fully saturated rings. The Morgan fingerprint density at radius 1 is 1.27 bits per heavy atom. The van der Waals surface area contributed by atoms with Crippen LogP contribution in [0.1, 0.15) is 11.1 Å². The molecule has 5 nitrogen and oxygen atoms in total. The smallest absolute Gasteiger partial charge is 0.422 e. The first-order valence-electron chi connectivity index (χ1n) is 7.61. The first kappa shape index (κ1) is 19.3. The van der Waals surface area contributed by atoms with E-state index in [0.717, 1.165) is 5.56 Å². The number of aromatic nitrogens is 1. The van der Waals surface area contributed by atoms with Crippen LogP contribution in [0.4, 0.5) is 13.2 Å². The van der Waals surface area contributed by atoms with Crippen molar-refractivity contribution < 1.29 is 27.4 Å². The summed E-state index contributed by atoms with van der Waals surface area (Å²) in [5.41, 5.74) is 1.12. The van der Waals surface area contributed by atoms with Crippen molar-refractivity contribution in [2.75, 3.05) is 13.7 Å². The number of pyridine rings is 1. The van der Waals surface area contributed by atoms with Crippen molar-refractivity contribution in [3.8, 4) is 11.6 Å². The lowest BCUT2D eigenvalue weighted by Crippen LogP contribution is -2.23. The number of benzene rings is 1. The number of nitrogens with one attached hydrogen (secondary N) is 1. The van der Waals surface area contributed by atoms with E-state index in [-0.39, 0.29) is 12.4 Å². The Hall–Kier alpha value is -3.03. The number of carbonyl (C=O) groups excluding carboxylic acids is 1. The van der Waals surface area contributed by atoms with Crippen LogP contribution in [-0.2, 0) is 11.3 Å². The van der Waals surface area contributed by atoms with E-state index in [0.29, 0.717) is 11.3 Å². The molecule has 26 heavy (non-hydrogen) atoms. The first-order valence-corrected chi connectivity index (χ1v) is 7.61. The van der Waals surface area contributed by atoms with Crippen LogP contribution in [0, 0.1) is 0 Å². The van der Waals surface area contributed by atoms with Gasteiger partial charge in [0.25, 0.3) is 0 Å². The number of hydrogen-bond acceptors (Lipinski definition) is 4. The molecule has 0 atom stereocenters. The maximum atomic E-state index is 12.3. The molecule has 0 saturated carbocycles. The number of methoxy groups -OCH3 is 1. The zero-order valence-corrected chi connectivity index (χ0v) is 13.9. The van der Waals surface area contributed by atoms with Gasteiger partial charge in [-0.2, -0.15) is 13.2 Å². The molecule has 1 N–H and O–H groups in total. The van der Waals surface area contributed by atoms with Gasteiger partial charge in [-0.3, -0.25) is 4.79 Å². The highest BCUT2D eigenvalue weighted by atomic mass is 19.4. The predicted molar refractivity (Wildman–Crippen MR) is 89.7 cm³/mol. The first-order chi connectivity index (χ1) is 12.4. The summed E-state index contributed by atoms with van der Waals surface area (Å²) in [6.45, 7) is -1.46. The molecule has 1 aromatic heterocycles. The third-order valence-electron chi connectivity index (χ3n) is 3.20. The average Bonchev–Trinajstić information content (AvgIpc) is 2.63. The highest BCUT2D eigenvalue weighted by Crippen LogP contribution is 2.20. The molecule has 0 bridgehead atoms. The molecular weight excluding hydrogens is 349 g/mol. The van der Waals surface area contributed by atoms with Gasteiger partial charge in [0, 0.05) is 24.4 Å². The van der Waals surface area contributed by atoms with Crippen molar-refractivity contribution in [2.45, 2.75) is 12.7 Å². The maximum absolute atomic E-state index is 12.3. The molecule has 0 aliphatic heterocycles. The van der Waals surface area contributed by atoms with E-state index in [9.17, 15) is 18.0 Å². The lowest BCUT2D eigenvalue weighted by molar-refractivity contribution is -0.154. The quantitative estimate of drug-likeness (QED) is 0.764. The summed E-state index contributed by atoms with van der Waals surface area (Å²) >= 11 is 0. The molecule has 0 spiro atoms. The van der Waals surface area contributed by atoms with Crippen LogP contribution >= 0.6 is 0 Å². The fourth-order valence-corrected chi connectivity index (χ4v) is 2.00. The Labute approximate surface area is 148 Å². The minimum atomic E-state index is -4.46. The van der Waals surface area contributed by atoms with Crippen molar-refractivity contribution in [1.82, 2.24) is 10.3 Å². The highest BCUT2D eigenvalue weighted by Gasteiger charge is 2.29. The van der Waals surface area contributed by atoms with Crippen molar-refractivity contribution in [1.29, 1.82) is 0 Å². The van der Waals surface area contributed by atoms with E-state index in [1.54, 1.807) is 43.5 Å². The molecule has 0 aliphatic carbocycles. The molecule has 1 amide bonds. The van der Waals surface area contributed by atoms with Gasteiger partial charge in [-0.25, -0.2) is 4.98 Å². The number of hydrogen-bond donors (Lipinski definition) is 1. The highest BCUT2D eigenvalue weighted by molar-refractivity contribution is 5.91. The van der Waals surface area contributed by atoms with Gasteiger partial charge in [-0.15, -0.1) is 0 Å². The summed E-state index contributed by atoms with van der Waals surface area (Å²) in [6, 6.07) is 10.2. The molecule has 8 heteroatoms. The zero-order valence-electron chi connectivity index (χ0n) is 13.9. The van der Waals surface area contributed by atoms with E-state index < -0.39 is 18.7 Å². The fourth-order valence-electron chi connectivity index (χ4n) is 2.00. The lowest BCUT2D eigenvalue weighted by atomic mass is 10.2. The molecular formula is C18H17F3N2O3. The molecule has 2 rings (SSSR count). The Morgan fingerprint density at radius 2 is 2.08 bits per heavy atom. The number of alkyl halides is 3. The largest absolute Gasteiger partial charge is 0.497 e. The number of ether oxygens (including phenoxy) is 2. The zero-order chi connectivity index (χ0) is 19.0. The van der Waals surface area contributed by atoms with Crippen LogP contribution in [0.25, 0.3) is 6.08 Å². The Kier molecular flexibility index (Phi) is 6.60. The second kappa shape index (κ2) is 8.89. The predicted octanol–water partition coefficient (Wildman–Crippen LogP) is 3.36. The van der Waals surface area contributed by atoms with Gasteiger partial charge >= 0.3 is 6.18 Å². The number of carbonyl (C=O) groups is 1. The summed E-state index contributed by atoms with van der Waals surface area (Å²) in [4.78, 5) is 15.7. The fraction of sp³-hybridized carbons (Fsp3) is 0.222. The number of halogens is 3. The van der Waals surface area contributed by atoms with Crippen LogP contribution in [0.15, 0.2) is 48.7 Å². The Morgan fingerprint density at radius 3 is 2.81 bits per heavy atom. The van der Waals surface area contributed by atoms with Crippen LogP contribution < -0.4 is 14.8 Å². The van der Waals surface area contributed by atoms with Gasteiger partial charge in [0.05, 0.1) is 7.11 Å². The second-order valence-electron chi connectivity index (χ2n) is 5.20. The van der Waals surface area contributed by atoms with Gasteiger partial charge in [-0.1, -0.05) is 18.2 Å². The van der Waals surface area contributed by atoms with E-state index in [1.165, 1.54) is 18.3 Å². The summed E-state index contributed by atoms with van der Waals surface area (Å²) in [5.74, 6) is 0.0923. The van der Waals surface area contributed by atoms with E-state index in [2.05, 4.69) is 15.0 Å². The summed E-state index contributed by atoms with van der Waals surface area (Å²) in [5, 5.41) is 2.58. The molecule has 0 aliphatic rings. The molecule has 1 heterocycles. The maximum Gasteiger partial charge on any atom is 0.422 e. The second-order valence-corrected chi connectivity index (χ2v) is 5.20. The van der Waals surface area contributed by atoms with Crippen molar-refractivity contribution in [2.24, 2.45) is 0 Å².